The minimum Gasteiger partial charge on any atom is -0.496 e. The number of aromatic nitrogens is 1. The Morgan fingerprint density at radius 2 is 1.72 bits per heavy atom. The summed E-state index contributed by atoms with van der Waals surface area (Å²) in [5.74, 6) is 1.06. The number of aromatic amines is 1. The number of benzene rings is 2. The lowest BCUT2D eigenvalue weighted by atomic mass is 10.1. The Morgan fingerprint density at radius 1 is 1.03 bits per heavy atom. The van der Waals surface area contributed by atoms with Gasteiger partial charge in [0.25, 0.3) is 5.91 Å². The quantitative estimate of drug-likeness (QED) is 0.445. The van der Waals surface area contributed by atoms with Crippen LogP contribution in [0.25, 0.3) is 10.9 Å². The van der Waals surface area contributed by atoms with E-state index < -0.39 is 15.9 Å². The van der Waals surface area contributed by atoms with Crippen molar-refractivity contribution in [2.75, 3.05) is 37.1 Å². The number of H-pyrrole nitrogens is 1. The summed E-state index contributed by atoms with van der Waals surface area (Å²) >= 11 is 0. The number of amides is 1. The van der Waals surface area contributed by atoms with Crippen LogP contribution >= 0.6 is 0 Å². The highest BCUT2D eigenvalue weighted by Gasteiger charge is 2.20. The first-order chi connectivity index (χ1) is 15.2. The number of methoxy groups -OCH3 is 3. The molecule has 9 nitrogen and oxygen atoms in total. The van der Waals surface area contributed by atoms with E-state index in [1.165, 1.54) is 21.3 Å². The van der Waals surface area contributed by atoms with Gasteiger partial charge in [-0.2, -0.15) is 0 Å². The third-order valence-corrected chi connectivity index (χ3v) is 6.48. The maximum atomic E-state index is 13.0. The van der Waals surface area contributed by atoms with E-state index in [2.05, 4.69) is 15.0 Å². The molecular weight excluding hydrogens is 434 g/mol. The molecule has 0 fully saturated rings. The SMILES string of the molecule is CCCS(=O)(=O)Nc1cccc(NC(=O)c2cc3c(OC)cc(OC)c(OC)c3[nH]2)c1C. The number of sulfonamides is 1. The minimum absolute atomic E-state index is 0.0191. The fourth-order valence-electron chi connectivity index (χ4n) is 3.42. The van der Waals surface area contributed by atoms with Crippen LogP contribution in [0.3, 0.4) is 0 Å². The first-order valence-corrected chi connectivity index (χ1v) is 11.6. The van der Waals surface area contributed by atoms with Crippen molar-refractivity contribution in [3.8, 4) is 17.2 Å². The second-order valence-electron chi connectivity index (χ2n) is 7.14. The number of carbonyl (C=O) groups excluding carboxylic acids is 1. The zero-order valence-corrected chi connectivity index (χ0v) is 19.5. The van der Waals surface area contributed by atoms with Crippen LogP contribution in [0.15, 0.2) is 30.3 Å². The topological polar surface area (TPSA) is 119 Å². The van der Waals surface area contributed by atoms with Gasteiger partial charge in [-0.05, 0) is 37.1 Å². The Hall–Kier alpha value is -3.40. The molecule has 10 heteroatoms. The van der Waals surface area contributed by atoms with E-state index in [4.69, 9.17) is 14.2 Å². The van der Waals surface area contributed by atoms with Gasteiger partial charge in [0.1, 0.15) is 11.4 Å². The first-order valence-electron chi connectivity index (χ1n) is 9.97. The summed E-state index contributed by atoms with van der Waals surface area (Å²) in [5, 5.41) is 3.49. The number of carbonyl (C=O) groups is 1. The number of anilines is 2. The minimum atomic E-state index is -3.45. The molecule has 3 N–H and O–H groups in total. The zero-order chi connectivity index (χ0) is 23.5. The molecule has 0 aliphatic carbocycles. The highest BCUT2D eigenvalue weighted by Crippen LogP contribution is 2.41. The number of hydrogen-bond acceptors (Lipinski definition) is 6. The molecule has 3 rings (SSSR count). The number of rotatable bonds is 9. The molecule has 0 atom stereocenters. The van der Waals surface area contributed by atoms with Crippen molar-refractivity contribution < 1.29 is 27.4 Å². The molecule has 3 aromatic rings. The Bertz CT molecular complexity index is 1250. The standard InChI is InChI=1S/C22H27N3O6S/c1-6-10-32(27,28)25-16-9-7-8-15(13(16)2)24-22(26)17-11-14-18(29-3)12-19(30-4)21(31-5)20(14)23-17/h7-9,11-12,23,25H,6,10H2,1-5H3,(H,24,26). The molecule has 1 heterocycles. The predicted octanol–water partition coefficient (Wildman–Crippen LogP) is 3.91. The number of fused-ring (bicyclic) bond motifs is 1. The molecule has 0 unspecified atom stereocenters. The van der Waals surface area contributed by atoms with E-state index in [1.807, 2.05) is 0 Å². The number of nitrogens with one attached hydrogen (secondary N) is 3. The molecule has 0 saturated carbocycles. The predicted molar refractivity (Wildman–Crippen MR) is 125 cm³/mol. The summed E-state index contributed by atoms with van der Waals surface area (Å²) in [4.78, 5) is 16.1. The maximum absolute atomic E-state index is 13.0. The monoisotopic (exact) mass is 461 g/mol. The summed E-state index contributed by atoms with van der Waals surface area (Å²) < 4.78 is 43.1. The molecule has 0 aliphatic heterocycles. The molecule has 0 bridgehead atoms. The van der Waals surface area contributed by atoms with Crippen LogP contribution in [0.1, 0.15) is 29.4 Å². The highest BCUT2D eigenvalue weighted by atomic mass is 32.2. The lowest BCUT2D eigenvalue weighted by molar-refractivity contribution is 0.102. The summed E-state index contributed by atoms with van der Waals surface area (Å²) in [7, 11) is 1.11. The fourth-order valence-corrected chi connectivity index (χ4v) is 4.61. The van der Waals surface area contributed by atoms with Crippen molar-refractivity contribution >= 4 is 38.2 Å². The van der Waals surface area contributed by atoms with Gasteiger partial charge in [0.05, 0.1) is 38.3 Å². The normalized spacial score (nSPS) is 11.3. The van der Waals surface area contributed by atoms with Gasteiger partial charge in [0, 0.05) is 17.1 Å². The molecule has 172 valence electrons. The van der Waals surface area contributed by atoms with Crippen LogP contribution in [-0.2, 0) is 10.0 Å². The Kier molecular flexibility index (Phi) is 6.83. The molecule has 0 radical (unpaired) electrons. The van der Waals surface area contributed by atoms with E-state index in [9.17, 15) is 13.2 Å². The van der Waals surface area contributed by atoms with Crippen LogP contribution in [0.4, 0.5) is 11.4 Å². The first kappa shape index (κ1) is 23.3. The van der Waals surface area contributed by atoms with Crippen LogP contribution in [0.2, 0.25) is 0 Å². The van der Waals surface area contributed by atoms with Crippen LogP contribution in [0.5, 0.6) is 17.2 Å². The average Bonchev–Trinajstić information content (AvgIpc) is 3.20. The lowest BCUT2D eigenvalue weighted by Crippen LogP contribution is -2.18. The molecule has 2 aromatic carbocycles. The number of ether oxygens (including phenoxy) is 3. The molecule has 32 heavy (non-hydrogen) atoms. The van der Waals surface area contributed by atoms with Gasteiger partial charge in [0.2, 0.25) is 10.0 Å². The van der Waals surface area contributed by atoms with E-state index in [-0.39, 0.29) is 11.4 Å². The maximum Gasteiger partial charge on any atom is 0.272 e. The average molecular weight is 462 g/mol. The summed E-state index contributed by atoms with van der Waals surface area (Å²) in [6.45, 7) is 3.53. The van der Waals surface area contributed by atoms with Gasteiger partial charge in [-0.1, -0.05) is 13.0 Å². The molecule has 1 amide bonds. The van der Waals surface area contributed by atoms with Gasteiger partial charge in [-0.15, -0.1) is 0 Å². The molecule has 0 saturated heterocycles. The van der Waals surface area contributed by atoms with Gasteiger partial charge in [-0.3, -0.25) is 9.52 Å². The Morgan fingerprint density at radius 3 is 2.34 bits per heavy atom. The van der Waals surface area contributed by atoms with Crippen LogP contribution in [0, 0.1) is 6.92 Å². The molecule has 0 aliphatic rings. The molecule has 1 aromatic heterocycles. The van der Waals surface area contributed by atoms with Gasteiger partial charge in [0.15, 0.2) is 11.5 Å². The van der Waals surface area contributed by atoms with E-state index in [0.717, 1.165) is 0 Å². The largest absolute Gasteiger partial charge is 0.496 e. The molecule has 0 spiro atoms. The Labute approximate surface area is 187 Å². The fraction of sp³-hybridized carbons (Fsp3) is 0.318. The van der Waals surface area contributed by atoms with Crippen molar-refractivity contribution in [2.45, 2.75) is 20.3 Å². The van der Waals surface area contributed by atoms with Gasteiger partial charge < -0.3 is 24.5 Å². The summed E-state index contributed by atoms with van der Waals surface area (Å²) in [5.41, 5.74) is 2.35. The second-order valence-corrected chi connectivity index (χ2v) is 8.98. The summed E-state index contributed by atoms with van der Waals surface area (Å²) in [6, 6.07) is 8.39. The number of hydrogen-bond donors (Lipinski definition) is 3. The highest BCUT2D eigenvalue weighted by molar-refractivity contribution is 7.92. The third kappa shape index (κ3) is 4.59. The van der Waals surface area contributed by atoms with Gasteiger partial charge >= 0.3 is 0 Å². The van der Waals surface area contributed by atoms with Crippen molar-refractivity contribution in [1.29, 1.82) is 0 Å². The second kappa shape index (κ2) is 9.39. The summed E-state index contributed by atoms with van der Waals surface area (Å²) in [6.07, 6.45) is 0.503. The van der Waals surface area contributed by atoms with Crippen LogP contribution in [-0.4, -0.2) is 46.4 Å². The smallest absolute Gasteiger partial charge is 0.272 e. The van der Waals surface area contributed by atoms with Gasteiger partial charge in [-0.25, -0.2) is 8.42 Å². The zero-order valence-electron chi connectivity index (χ0n) is 18.7. The van der Waals surface area contributed by atoms with Crippen molar-refractivity contribution in [1.82, 2.24) is 4.98 Å². The van der Waals surface area contributed by atoms with Crippen molar-refractivity contribution in [3.63, 3.8) is 0 Å². The third-order valence-electron chi connectivity index (χ3n) is 5.01. The van der Waals surface area contributed by atoms with E-state index >= 15 is 0 Å². The van der Waals surface area contributed by atoms with Crippen molar-refractivity contribution in [2.24, 2.45) is 0 Å². The van der Waals surface area contributed by atoms with E-state index in [1.54, 1.807) is 44.2 Å². The lowest BCUT2D eigenvalue weighted by Gasteiger charge is -2.14. The molecular formula is C22H27N3O6S. The van der Waals surface area contributed by atoms with Crippen molar-refractivity contribution in [3.05, 3.63) is 41.6 Å². The van der Waals surface area contributed by atoms with E-state index in [0.29, 0.717) is 51.5 Å². The van der Waals surface area contributed by atoms with Crippen LogP contribution < -0.4 is 24.2 Å². The Balaban J connectivity index is 1.95.